The number of ether oxygens (including phenoxy) is 2. The molecule has 0 fully saturated rings. The molecule has 0 unspecified atom stereocenters. The first-order valence-corrected chi connectivity index (χ1v) is 9.03. The Hall–Kier alpha value is -3.23. The second-order valence-electron chi connectivity index (χ2n) is 5.77. The maximum atomic E-state index is 12.5. The van der Waals surface area contributed by atoms with Crippen molar-refractivity contribution < 1.29 is 14.3 Å². The molecule has 0 aromatic heterocycles. The van der Waals surface area contributed by atoms with E-state index in [1.165, 1.54) is 6.08 Å². The topological polar surface area (TPSA) is 71.4 Å². The Labute approximate surface area is 169 Å². The summed E-state index contributed by atoms with van der Waals surface area (Å²) in [5.74, 6) is 0.651. The lowest BCUT2D eigenvalue weighted by Crippen LogP contribution is -2.13. The van der Waals surface area contributed by atoms with E-state index >= 15 is 0 Å². The number of nitrogens with one attached hydrogen (secondary N) is 1. The summed E-state index contributed by atoms with van der Waals surface area (Å²) < 4.78 is 11.1. The minimum absolute atomic E-state index is 0.0351. The van der Waals surface area contributed by atoms with Gasteiger partial charge in [-0.25, -0.2) is 0 Å². The zero-order chi connectivity index (χ0) is 20.5. The second-order valence-corrected chi connectivity index (χ2v) is 6.20. The molecule has 0 aliphatic heterocycles. The highest BCUT2D eigenvalue weighted by molar-refractivity contribution is 6.30. The number of anilines is 1. The number of allylic oxidation sites excluding steroid dienone is 1. The number of carbonyl (C=O) groups excluding carboxylic acids is 1. The van der Waals surface area contributed by atoms with E-state index in [2.05, 4.69) is 11.9 Å². The molecule has 144 valence electrons. The molecule has 0 bridgehead atoms. The third kappa shape index (κ3) is 5.38. The first-order valence-electron chi connectivity index (χ1n) is 8.65. The average Bonchev–Trinajstić information content (AvgIpc) is 2.68. The van der Waals surface area contributed by atoms with E-state index in [4.69, 9.17) is 21.1 Å². The van der Waals surface area contributed by atoms with Crippen molar-refractivity contribution in [2.24, 2.45) is 0 Å². The van der Waals surface area contributed by atoms with Gasteiger partial charge in [0.1, 0.15) is 11.6 Å². The zero-order valence-corrected chi connectivity index (χ0v) is 16.5. The fourth-order valence-electron chi connectivity index (χ4n) is 2.62. The Kier molecular flexibility index (Phi) is 7.67. The Bertz CT molecular complexity index is 928. The highest BCUT2D eigenvalue weighted by Crippen LogP contribution is 2.34. The maximum absolute atomic E-state index is 12.5. The van der Waals surface area contributed by atoms with Crippen LogP contribution in [0.25, 0.3) is 6.08 Å². The summed E-state index contributed by atoms with van der Waals surface area (Å²) in [6.45, 7) is 6.09. The summed E-state index contributed by atoms with van der Waals surface area (Å²) in [5.41, 5.74) is 2.02. The third-order valence-corrected chi connectivity index (χ3v) is 4.05. The Morgan fingerprint density at radius 2 is 2.04 bits per heavy atom. The summed E-state index contributed by atoms with van der Waals surface area (Å²) in [6.07, 6.45) is 3.82. The molecule has 0 aliphatic rings. The van der Waals surface area contributed by atoms with Crippen molar-refractivity contribution in [3.8, 4) is 17.6 Å². The number of nitrogens with zero attached hydrogens (tertiary/aromatic N) is 1. The summed E-state index contributed by atoms with van der Waals surface area (Å²) >= 11 is 5.85. The molecule has 0 atom stereocenters. The number of nitriles is 1. The van der Waals surface area contributed by atoms with Gasteiger partial charge in [0.05, 0.1) is 13.7 Å². The molecular weight excluding hydrogens is 376 g/mol. The van der Waals surface area contributed by atoms with Crippen LogP contribution in [0.2, 0.25) is 5.02 Å². The molecule has 2 rings (SSSR count). The van der Waals surface area contributed by atoms with Gasteiger partial charge in [0.2, 0.25) is 0 Å². The number of methoxy groups -OCH3 is 1. The average molecular weight is 397 g/mol. The van der Waals surface area contributed by atoms with Crippen molar-refractivity contribution in [1.82, 2.24) is 0 Å². The van der Waals surface area contributed by atoms with Crippen LogP contribution in [0.15, 0.2) is 54.6 Å². The van der Waals surface area contributed by atoms with Crippen LogP contribution >= 0.6 is 11.6 Å². The van der Waals surface area contributed by atoms with Gasteiger partial charge < -0.3 is 14.8 Å². The molecule has 0 spiro atoms. The maximum Gasteiger partial charge on any atom is 0.266 e. The van der Waals surface area contributed by atoms with Gasteiger partial charge in [0.25, 0.3) is 5.91 Å². The van der Waals surface area contributed by atoms with E-state index in [0.717, 1.165) is 5.56 Å². The molecule has 0 heterocycles. The van der Waals surface area contributed by atoms with Crippen LogP contribution in [0, 0.1) is 11.3 Å². The molecule has 0 radical (unpaired) electrons. The van der Waals surface area contributed by atoms with Crippen molar-refractivity contribution in [1.29, 1.82) is 5.26 Å². The van der Waals surface area contributed by atoms with Crippen LogP contribution in [0.1, 0.15) is 18.1 Å². The van der Waals surface area contributed by atoms with Crippen molar-refractivity contribution >= 4 is 29.3 Å². The van der Waals surface area contributed by atoms with Crippen LogP contribution in [-0.2, 0) is 11.2 Å². The Morgan fingerprint density at radius 3 is 2.61 bits per heavy atom. The molecule has 2 aromatic rings. The predicted octanol–water partition coefficient (Wildman–Crippen LogP) is 5.02. The molecular formula is C22H21ClN2O3. The van der Waals surface area contributed by atoms with Gasteiger partial charge in [-0.2, -0.15) is 5.26 Å². The van der Waals surface area contributed by atoms with Gasteiger partial charge in [0.15, 0.2) is 11.5 Å². The highest BCUT2D eigenvalue weighted by atomic mass is 35.5. The Balaban J connectivity index is 2.38. The smallest absolute Gasteiger partial charge is 0.266 e. The minimum atomic E-state index is -0.510. The standard InChI is InChI=1S/C22H21ClN2O3/c1-4-6-16-11-15(13-20(28-5-2)21(16)27-3)12-17(14-24)22(26)25-19-9-7-18(23)8-10-19/h4,7-13H,1,5-6H2,2-3H3,(H,25,26)/b17-12+. The van der Waals surface area contributed by atoms with E-state index in [1.807, 2.05) is 19.1 Å². The molecule has 0 saturated carbocycles. The van der Waals surface area contributed by atoms with Crippen molar-refractivity contribution in [3.05, 3.63) is 70.8 Å². The normalized spacial score (nSPS) is 10.7. The van der Waals surface area contributed by atoms with E-state index in [0.29, 0.717) is 40.8 Å². The van der Waals surface area contributed by atoms with Crippen molar-refractivity contribution in [2.75, 3.05) is 19.0 Å². The fraction of sp³-hybridized carbons (Fsp3) is 0.182. The number of carbonyl (C=O) groups is 1. The second kappa shape index (κ2) is 10.2. The van der Waals surface area contributed by atoms with Gasteiger partial charge in [-0.15, -0.1) is 6.58 Å². The van der Waals surface area contributed by atoms with Crippen molar-refractivity contribution in [3.63, 3.8) is 0 Å². The SMILES string of the molecule is C=CCc1cc(/C=C(\C#N)C(=O)Nc2ccc(Cl)cc2)cc(OCC)c1OC. The van der Waals surface area contributed by atoms with E-state index < -0.39 is 5.91 Å². The van der Waals surface area contributed by atoms with Crippen LogP contribution < -0.4 is 14.8 Å². The molecule has 2 aromatic carbocycles. The van der Waals surface area contributed by atoms with Crippen LogP contribution in [-0.4, -0.2) is 19.6 Å². The molecule has 0 saturated heterocycles. The lowest BCUT2D eigenvalue weighted by atomic mass is 10.0. The summed E-state index contributed by atoms with van der Waals surface area (Å²) in [4.78, 5) is 12.5. The van der Waals surface area contributed by atoms with Gasteiger partial charge in [-0.3, -0.25) is 4.79 Å². The van der Waals surface area contributed by atoms with Crippen LogP contribution in [0.3, 0.4) is 0 Å². The summed E-state index contributed by atoms with van der Waals surface area (Å²) in [6, 6.07) is 12.2. The lowest BCUT2D eigenvalue weighted by molar-refractivity contribution is -0.112. The number of amides is 1. The number of hydrogen-bond donors (Lipinski definition) is 1. The summed E-state index contributed by atoms with van der Waals surface area (Å²) in [5, 5.41) is 12.7. The monoisotopic (exact) mass is 396 g/mol. The van der Waals surface area contributed by atoms with Gasteiger partial charge in [0, 0.05) is 16.3 Å². The van der Waals surface area contributed by atoms with Gasteiger partial charge in [-0.05, 0) is 61.4 Å². The van der Waals surface area contributed by atoms with Gasteiger partial charge in [-0.1, -0.05) is 17.7 Å². The number of benzene rings is 2. The number of rotatable bonds is 8. The first kappa shape index (κ1) is 21.1. The molecule has 6 heteroatoms. The molecule has 1 N–H and O–H groups in total. The fourth-order valence-corrected chi connectivity index (χ4v) is 2.74. The predicted molar refractivity (Wildman–Crippen MR) is 112 cm³/mol. The molecule has 0 aliphatic carbocycles. The van der Waals surface area contributed by atoms with Crippen LogP contribution in [0.4, 0.5) is 5.69 Å². The minimum Gasteiger partial charge on any atom is -0.493 e. The van der Waals surface area contributed by atoms with Crippen molar-refractivity contribution in [2.45, 2.75) is 13.3 Å². The third-order valence-electron chi connectivity index (χ3n) is 3.80. The number of halogens is 1. The number of hydrogen-bond acceptors (Lipinski definition) is 4. The van der Waals surface area contributed by atoms with Gasteiger partial charge >= 0.3 is 0 Å². The van der Waals surface area contributed by atoms with E-state index in [9.17, 15) is 10.1 Å². The summed E-state index contributed by atoms with van der Waals surface area (Å²) in [7, 11) is 1.57. The first-order chi connectivity index (χ1) is 13.5. The Morgan fingerprint density at radius 1 is 1.32 bits per heavy atom. The lowest BCUT2D eigenvalue weighted by Gasteiger charge is -2.14. The van der Waals surface area contributed by atoms with E-state index in [-0.39, 0.29) is 5.57 Å². The quantitative estimate of drug-likeness (QED) is 0.386. The molecule has 5 nitrogen and oxygen atoms in total. The largest absolute Gasteiger partial charge is 0.493 e. The zero-order valence-electron chi connectivity index (χ0n) is 15.8. The molecule has 1 amide bonds. The highest BCUT2D eigenvalue weighted by Gasteiger charge is 2.14. The van der Waals surface area contributed by atoms with E-state index in [1.54, 1.807) is 43.5 Å². The van der Waals surface area contributed by atoms with Crippen LogP contribution in [0.5, 0.6) is 11.5 Å². The molecule has 28 heavy (non-hydrogen) atoms.